The van der Waals surface area contributed by atoms with Gasteiger partial charge in [0.25, 0.3) is 0 Å². The molecule has 2 unspecified atom stereocenters. The zero-order chi connectivity index (χ0) is 23.4. The number of carbonyl (C=O) groups is 2. The van der Waals surface area contributed by atoms with E-state index in [9.17, 15) is 9.59 Å². The number of hydrogen-bond acceptors (Lipinski definition) is 4. The van der Waals surface area contributed by atoms with E-state index < -0.39 is 11.9 Å². The van der Waals surface area contributed by atoms with Gasteiger partial charge in [0, 0.05) is 0 Å². The topological polar surface area (TPSA) is 115 Å². The molecule has 0 aromatic heterocycles. The molecule has 0 aliphatic rings. The van der Waals surface area contributed by atoms with Gasteiger partial charge in [0.2, 0.25) is 0 Å². The number of unbranched alkanes of at least 4 members (excludes halogenated alkanes) is 6. The molecule has 0 amide bonds. The summed E-state index contributed by atoms with van der Waals surface area (Å²) in [6.45, 7) is 8.10. The second-order valence-corrected chi connectivity index (χ2v) is 7.55. The molecule has 1 rings (SSSR count). The quantitative estimate of drug-likeness (QED) is 0.316. The largest absolute Gasteiger partial charge is 0.478 e. The van der Waals surface area contributed by atoms with Gasteiger partial charge in [-0.05, 0) is 38.8 Å². The van der Waals surface area contributed by atoms with E-state index in [0.717, 1.165) is 12.8 Å². The third-order valence-electron chi connectivity index (χ3n) is 4.34. The van der Waals surface area contributed by atoms with E-state index in [4.69, 9.17) is 20.4 Å². The van der Waals surface area contributed by atoms with Gasteiger partial charge in [-0.15, -0.1) is 0 Å². The van der Waals surface area contributed by atoms with Crippen molar-refractivity contribution >= 4 is 11.9 Å². The van der Waals surface area contributed by atoms with E-state index in [2.05, 4.69) is 13.8 Å². The van der Waals surface area contributed by atoms with E-state index in [1.807, 2.05) is 13.8 Å². The molecule has 0 aliphatic heterocycles. The van der Waals surface area contributed by atoms with Gasteiger partial charge < -0.3 is 20.4 Å². The Morgan fingerprint density at radius 2 is 1.03 bits per heavy atom. The zero-order valence-corrected chi connectivity index (χ0v) is 19.1. The maximum atomic E-state index is 10.5. The molecule has 0 aliphatic carbocycles. The van der Waals surface area contributed by atoms with Crippen LogP contribution in [0.25, 0.3) is 0 Å². The molecular formula is C24H42O6. The van der Waals surface area contributed by atoms with Gasteiger partial charge in [-0.3, -0.25) is 0 Å². The molecule has 6 nitrogen and oxygen atoms in total. The summed E-state index contributed by atoms with van der Waals surface area (Å²) in [7, 11) is 0. The SMILES string of the molecule is CCCCCCC(C)O.CCCCCCC(C)O.O=C(O)c1ccccc1C(=O)O. The predicted molar refractivity (Wildman–Crippen MR) is 121 cm³/mol. The smallest absolute Gasteiger partial charge is 0.336 e. The molecule has 0 spiro atoms. The van der Waals surface area contributed by atoms with Crippen molar-refractivity contribution in [2.24, 2.45) is 0 Å². The van der Waals surface area contributed by atoms with E-state index >= 15 is 0 Å². The average Bonchev–Trinajstić information content (AvgIpc) is 2.69. The molecule has 1 aromatic carbocycles. The highest BCUT2D eigenvalue weighted by atomic mass is 16.4. The summed E-state index contributed by atoms with van der Waals surface area (Å²) < 4.78 is 0. The molecule has 0 saturated heterocycles. The van der Waals surface area contributed by atoms with Crippen molar-refractivity contribution in [1.29, 1.82) is 0 Å². The molecule has 0 saturated carbocycles. The first-order valence-electron chi connectivity index (χ1n) is 11.1. The van der Waals surface area contributed by atoms with Crippen molar-refractivity contribution in [3.63, 3.8) is 0 Å². The average molecular weight is 427 g/mol. The van der Waals surface area contributed by atoms with Crippen LogP contribution in [0.5, 0.6) is 0 Å². The number of aromatic carboxylic acids is 2. The summed E-state index contributed by atoms with van der Waals surface area (Å²) >= 11 is 0. The number of carboxylic acid groups (broad SMARTS) is 2. The minimum atomic E-state index is -1.23. The van der Waals surface area contributed by atoms with Crippen molar-refractivity contribution < 1.29 is 30.0 Å². The predicted octanol–water partition coefficient (Wildman–Crippen LogP) is 5.76. The van der Waals surface area contributed by atoms with Crippen LogP contribution in [-0.2, 0) is 0 Å². The van der Waals surface area contributed by atoms with Gasteiger partial charge in [-0.1, -0.05) is 77.3 Å². The molecule has 0 heterocycles. The van der Waals surface area contributed by atoms with E-state index in [-0.39, 0.29) is 23.3 Å². The van der Waals surface area contributed by atoms with Gasteiger partial charge in [-0.25, -0.2) is 9.59 Å². The molecule has 30 heavy (non-hydrogen) atoms. The second-order valence-electron chi connectivity index (χ2n) is 7.55. The Morgan fingerprint density at radius 1 is 0.700 bits per heavy atom. The van der Waals surface area contributed by atoms with Crippen molar-refractivity contribution in [2.75, 3.05) is 0 Å². The standard InChI is InChI=1S/C8H6O4.2C8H18O/c9-7(10)5-3-1-2-4-6(5)8(11)12;2*1-3-4-5-6-7-8(2)9/h1-4H,(H,9,10)(H,11,12);2*8-9H,3-7H2,1-2H3. The lowest BCUT2D eigenvalue weighted by Gasteiger charge is -2.01. The Balaban J connectivity index is 0. The molecule has 0 bridgehead atoms. The highest BCUT2D eigenvalue weighted by Crippen LogP contribution is 2.08. The second kappa shape index (κ2) is 20.4. The Kier molecular flexibility index (Phi) is 20.5. The molecule has 6 heteroatoms. The van der Waals surface area contributed by atoms with Crippen LogP contribution >= 0.6 is 0 Å². The Labute approximate surface area is 182 Å². The molecule has 174 valence electrons. The fourth-order valence-electron chi connectivity index (χ4n) is 2.59. The fourth-order valence-corrected chi connectivity index (χ4v) is 2.59. The number of aliphatic hydroxyl groups excluding tert-OH is 2. The lowest BCUT2D eigenvalue weighted by atomic mass is 10.1. The summed E-state index contributed by atoms with van der Waals surface area (Å²) in [5, 5.41) is 34.8. The van der Waals surface area contributed by atoms with Crippen molar-refractivity contribution in [3.05, 3.63) is 35.4 Å². The maximum Gasteiger partial charge on any atom is 0.336 e. The van der Waals surface area contributed by atoms with Crippen LogP contribution in [0.3, 0.4) is 0 Å². The molecule has 0 fully saturated rings. The van der Waals surface area contributed by atoms with Crippen LogP contribution < -0.4 is 0 Å². The lowest BCUT2D eigenvalue weighted by molar-refractivity contribution is 0.0651. The van der Waals surface area contributed by atoms with Crippen molar-refractivity contribution in [2.45, 2.75) is 104 Å². The van der Waals surface area contributed by atoms with Gasteiger partial charge in [-0.2, -0.15) is 0 Å². The zero-order valence-electron chi connectivity index (χ0n) is 19.1. The third-order valence-corrected chi connectivity index (χ3v) is 4.34. The molecule has 0 radical (unpaired) electrons. The first-order chi connectivity index (χ1) is 14.2. The van der Waals surface area contributed by atoms with Gasteiger partial charge in [0.1, 0.15) is 0 Å². The molecule has 1 aromatic rings. The number of carboxylic acids is 2. The fraction of sp³-hybridized carbons (Fsp3) is 0.667. The van der Waals surface area contributed by atoms with Gasteiger partial charge >= 0.3 is 11.9 Å². The first kappa shape index (κ1) is 30.3. The summed E-state index contributed by atoms with van der Waals surface area (Å²) in [6, 6.07) is 5.48. The Bertz CT molecular complexity index is 505. The summed E-state index contributed by atoms with van der Waals surface area (Å²) in [5.74, 6) is -2.46. The van der Waals surface area contributed by atoms with Gasteiger partial charge in [0.15, 0.2) is 0 Å². The number of rotatable bonds is 12. The van der Waals surface area contributed by atoms with E-state index in [0.29, 0.717) is 0 Å². The van der Waals surface area contributed by atoms with Crippen molar-refractivity contribution in [1.82, 2.24) is 0 Å². The van der Waals surface area contributed by atoms with Gasteiger partial charge in [0.05, 0.1) is 23.3 Å². The van der Waals surface area contributed by atoms with E-state index in [1.165, 1.54) is 75.6 Å². The van der Waals surface area contributed by atoms with Crippen LogP contribution in [0, 0.1) is 0 Å². The van der Waals surface area contributed by atoms with Crippen LogP contribution in [0.15, 0.2) is 24.3 Å². The minimum absolute atomic E-state index is 0.0955. The summed E-state index contributed by atoms with van der Waals surface area (Å²) in [4.78, 5) is 20.9. The van der Waals surface area contributed by atoms with Crippen LogP contribution in [0.2, 0.25) is 0 Å². The normalized spacial score (nSPS) is 11.9. The lowest BCUT2D eigenvalue weighted by Crippen LogP contribution is -2.06. The minimum Gasteiger partial charge on any atom is -0.478 e. The molecule has 2 atom stereocenters. The van der Waals surface area contributed by atoms with Crippen LogP contribution in [0.4, 0.5) is 0 Å². The monoisotopic (exact) mass is 426 g/mol. The summed E-state index contributed by atoms with van der Waals surface area (Å²) in [6.07, 6.45) is 11.9. The maximum absolute atomic E-state index is 10.5. The number of benzene rings is 1. The summed E-state index contributed by atoms with van der Waals surface area (Å²) in [5.41, 5.74) is -0.380. The molecular weight excluding hydrogens is 384 g/mol. The highest BCUT2D eigenvalue weighted by Gasteiger charge is 2.13. The van der Waals surface area contributed by atoms with Crippen LogP contribution in [0.1, 0.15) is 113 Å². The third kappa shape index (κ3) is 19.4. The van der Waals surface area contributed by atoms with Crippen molar-refractivity contribution in [3.8, 4) is 0 Å². The number of hydrogen-bond donors (Lipinski definition) is 4. The highest BCUT2D eigenvalue weighted by molar-refractivity contribution is 6.01. The molecule has 4 N–H and O–H groups in total. The van der Waals surface area contributed by atoms with Crippen LogP contribution in [-0.4, -0.2) is 44.6 Å². The number of aliphatic hydroxyl groups is 2. The Morgan fingerprint density at radius 3 is 1.27 bits per heavy atom. The first-order valence-corrected chi connectivity index (χ1v) is 11.1. The van der Waals surface area contributed by atoms with E-state index in [1.54, 1.807) is 0 Å². The Hall–Kier alpha value is -1.92.